The normalized spacial score (nSPS) is 11.9. The Labute approximate surface area is 200 Å². The molecule has 4 nitrogen and oxygen atoms in total. The summed E-state index contributed by atoms with van der Waals surface area (Å²) in [6.45, 7) is 1.38. The van der Waals surface area contributed by atoms with Crippen LogP contribution in [-0.2, 0) is 4.79 Å². The third-order valence-corrected chi connectivity index (χ3v) is 5.79. The Balaban J connectivity index is 2.01. The van der Waals surface area contributed by atoms with Gasteiger partial charge in [-0.2, -0.15) is 10.4 Å². The van der Waals surface area contributed by atoms with E-state index in [0.717, 1.165) is 5.56 Å². The maximum absolute atomic E-state index is 12.2. The van der Waals surface area contributed by atoms with Crippen LogP contribution in [0.25, 0.3) is 0 Å². The van der Waals surface area contributed by atoms with Crippen molar-refractivity contribution in [1.82, 2.24) is 0 Å². The van der Waals surface area contributed by atoms with Crippen molar-refractivity contribution >= 4 is 64.2 Å². The van der Waals surface area contributed by atoms with Crippen molar-refractivity contribution in [2.45, 2.75) is 12.8 Å². The molecule has 0 aliphatic carbocycles. The number of nitriles is 1. The van der Waals surface area contributed by atoms with Gasteiger partial charge in [0, 0.05) is 22.5 Å². The third kappa shape index (κ3) is 5.39. The predicted octanol–water partition coefficient (Wildman–Crippen LogP) is 7.34. The number of carbonyl (C=O) groups is 1. The van der Waals surface area contributed by atoms with Crippen LogP contribution >= 0.6 is 46.4 Å². The SMILES string of the molecule is CC(=O)N(N=Cc1ccccc1)c1cc(Cl)c(C(C#N)c2ccc(Cl)c(Cl)c2)c(Cl)c1. The summed E-state index contributed by atoms with van der Waals surface area (Å²) in [7, 11) is 0. The number of benzene rings is 3. The molecule has 3 rings (SSSR count). The molecule has 156 valence electrons. The minimum Gasteiger partial charge on any atom is -0.273 e. The number of carbonyl (C=O) groups excluding carboxylic acids is 1. The second kappa shape index (κ2) is 10.2. The van der Waals surface area contributed by atoms with Crippen molar-refractivity contribution in [2.24, 2.45) is 5.10 Å². The first-order valence-corrected chi connectivity index (χ1v) is 10.6. The van der Waals surface area contributed by atoms with Crippen LogP contribution < -0.4 is 5.01 Å². The van der Waals surface area contributed by atoms with Gasteiger partial charge in [-0.1, -0.05) is 82.8 Å². The summed E-state index contributed by atoms with van der Waals surface area (Å²) < 4.78 is 0. The standard InChI is InChI=1S/C23H15Cl4N3O/c1-14(31)30(29-13-15-5-3-2-4-6-15)17-10-21(26)23(22(27)11-17)18(12-28)16-7-8-19(24)20(25)9-16/h2-11,13,18H,1H3. The van der Waals surface area contributed by atoms with Crippen LogP contribution in [0.1, 0.15) is 29.5 Å². The highest BCUT2D eigenvalue weighted by molar-refractivity contribution is 6.42. The highest BCUT2D eigenvalue weighted by Gasteiger charge is 2.23. The van der Waals surface area contributed by atoms with Gasteiger partial charge in [-0.25, -0.2) is 5.01 Å². The van der Waals surface area contributed by atoms with Crippen molar-refractivity contribution in [3.05, 3.63) is 97.4 Å². The van der Waals surface area contributed by atoms with E-state index in [-0.39, 0.29) is 16.0 Å². The number of nitrogens with zero attached hydrogens (tertiary/aromatic N) is 3. The smallest absolute Gasteiger partial charge is 0.244 e. The van der Waals surface area contributed by atoms with Gasteiger partial charge < -0.3 is 0 Å². The number of hydrogen-bond acceptors (Lipinski definition) is 3. The Morgan fingerprint density at radius 3 is 2.16 bits per heavy atom. The molecular formula is C23H15Cl4N3O. The number of halogens is 4. The quantitative estimate of drug-likeness (QED) is 0.277. The van der Waals surface area contributed by atoms with E-state index in [1.165, 1.54) is 11.9 Å². The molecule has 0 N–H and O–H groups in total. The summed E-state index contributed by atoms with van der Waals surface area (Å²) in [5, 5.41) is 16.4. The topological polar surface area (TPSA) is 56.5 Å². The van der Waals surface area contributed by atoms with Crippen LogP contribution in [0.5, 0.6) is 0 Å². The molecule has 0 spiro atoms. The van der Waals surface area contributed by atoms with Gasteiger partial charge in [0.05, 0.1) is 33.9 Å². The zero-order valence-electron chi connectivity index (χ0n) is 16.2. The molecule has 1 unspecified atom stereocenters. The molecule has 1 amide bonds. The molecule has 3 aromatic rings. The number of rotatable bonds is 5. The molecule has 0 heterocycles. The Morgan fingerprint density at radius 2 is 1.61 bits per heavy atom. The number of amides is 1. The molecular weight excluding hydrogens is 476 g/mol. The second-order valence-electron chi connectivity index (χ2n) is 6.54. The van der Waals surface area contributed by atoms with Gasteiger partial charge in [-0.05, 0) is 35.4 Å². The zero-order chi connectivity index (χ0) is 22.5. The summed E-state index contributed by atoms with van der Waals surface area (Å²) in [5.41, 5.74) is 2.21. The molecule has 3 aromatic carbocycles. The van der Waals surface area contributed by atoms with E-state index in [9.17, 15) is 10.1 Å². The van der Waals surface area contributed by atoms with Crippen molar-refractivity contribution < 1.29 is 4.79 Å². The minimum absolute atomic E-state index is 0.223. The third-order valence-electron chi connectivity index (χ3n) is 4.42. The first-order valence-electron chi connectivity index (χ1n) is 9.05. The maximum atomic E-state index is 12.2. The van der Waals surface area contributed by atoms with Crippen LogP contribution in [0.4, 0.5) is 5.69 Å². The summed E-state index contributed by atoms with van der Waals surface area (Å²) in [6.07, 6.45) is 1.56. The first-order chi connectivity index (χ1) is 14.8. The van der Waals surface area contributed by atoms with E-state index in [1.807, 2.05) is 30.3 Å². The fourth-order valence-corrected chi connectivity index (χ4v) is 3.96. The maximum Gasteiger partial charge on any atom is 0.244 e. The van der Waals surface area contributed by atoms with Crippen LogP contribution in [0.3, 0.4) is 0 Å². The monoisotopic (exact) mass is 489 g/mol. The summed E-state index contributed by atoms with van der Waals surface area (Å²) in [4.78, 5) is 12.2. The second-order valence-corrected chi connectivity index (χ2v) is 8.17. The molecule has 0 aliphatic rings. The summed E-state index contributed by atoms with van der Waals surface area (Å²) in [5.74, 6) is -1.10. The summed E-state index contributed by atoms with van der Waals surface area (Å²) >= 11 is 25.1. The van der Waals surface area contributed by atoms with Gasteiger partial charge in [0.2, 0.25) is 5.91 Å². The summed E-state index contributed by atoms with van der Waals surface area (Å²) in [6, 6.07) is 19.5. The number of anilines is 1. The van der Waals surface area contributed by atoms with Gasteiger partial charge in [-0.3, -0.25) is 4.79 Å². The lowest BCUT2D eigenvalue weighted by atomic mass is 9.92. The fourth-order valence-electron chi connectivity index (χ4n) is 2.96. The molecule has 31 heavy (non-hydrogen) atoms. The van der Waals surface area contributed by atoms with Gasteiger partial charge >= 0.3 is 0 Å². The van der Waals surface area contributed by atoms with E-state index >= 15 is 0 Å². The number of hydrazone groups is 1. The Bertz CT molecular complexity index is 1170. The molecule has 0 saturated carbocycles. The number of hydrogen-bond donors (Lipinski definition) is 0. The molecule has 0 fully saturated rings. The molecule has 0 saturated heterocycles. The van der Waals surface area contributed by atoms with Crippen molar-refractivity contribution in [3.8, 4) is 6.07 Å². The molecule has 0 bridgehead atoms. The fraction of sp³-hybridized carbons (Fsp3) is 0.0870. The van der Waals surface area contributed by atoms with Gasteiger partial charge in [-0.15, -0.1) is 0 Å². The molecule has 8 heteroatoms. The largest absolute Gasteiger partial charge is 0.273 e. The van der Waals surface area contributed by atoms with Crippen molar-refractivity contribution in [1.29, 1.82) is 5.26 Å². The molecule has 0 radical (unpaired) electrons. The van der Waals surface area contributed by atoms with Gasteiger partial charge in [0.15, 0.2) is 0 Å². The average molecular weight is 491 g/mol. The van der Waals surface area contributed by atoms with E-state index < -0.39 is 5.92 Å². The predicted molar refractivity (Wildman–Crippen MR) is 128 cm³/mol. The Morgan fingerprint density at radius 1 is 0.968 bits per heavy atom. The lowest BCUT2D eigenvalue weighted by molar-refractivity contribution is -0.116. The van der Waals surface area contributed by atoms with Crippen LogP contribution in [-0.4, -0.2) is 12.1 Å². The minimum atomic E-state index is -0.776. The highest BCUT2D eigenvalue weighted by Crippen LogP contribution is 2.40. The molecule has 0 aliphatic heterocycles. The van der Waals surface area contributed by atoms with Crippen LogP contribution in [0.2, 0.25) is 20.1 Å². The van der Waals surface area contributed by atoms with E-state index in [1.54, 1.807) is 36.5 Å². The van der Waals surface area contributed by atoms with Gasteiger partial charge in [0.25, 0.3) is 0 Å². The van der Waals surface area contributed by atoms with Gasteiger partial charge in [0.1, 0.15) is 0 Å². The lowest BCUT2D eigenvalue weighted by Crippen LogP contribution is -2.22. The highest BCUT2D eigenvalue weighted by atomic mass is 35.5. The van der Waals surface area contributed by atoms with Crippen molar-refractivity contribution in [3.63, 3.8) is 0 Å². The first kappa shape index (κ1) is 23.1. The molecule has 0 aromatic heterocycles. The Hall–Kier alpha value is -2.55. The molecule has 1 atom stereocenters. The van der Waals surface area contributed by atoms with Crippen LogP contribution in [0, 0.1) is 11.3 Å². The lowest BCUT2D eigenvalue weighted by Gasteiger charge is -2.19. The van der Waals surface area contributed by atoms with E-state index in [2.05, 4.69) is 11.2 Å². The Kier molecular flexibility index (Phi) is 7.59. The average Bonchev–Trinajstić information content (AvgIpc) is 2.73. The van der Waals surface area contributed by atoms with Crippen molar-refractivity contribution in [2.75, 3.05) is 5.01 Å². The van der Waals surface area contributed by atoms with E-state index in [0.29, 0.717) is 26.9 Å². The van der Waals surface area contributed by atoms with Crippen LogP contribution in [0.15, 0.2) is 65.8 Å². The van der Waals surface area contributed by atoms with E-state index in [4.69, 9.17) is 46.4 Å². The zero-order valence-corrected chi connectivity index (χ0v) is 19.2.